The van der Waals surface area contributed by atoms with E-state index in [9.17, 15) is 14.0 Å². The number of carbonyl (C=O) groups excluding carboxylic acids is 1. The number of hydrogen-bond acceptors (Lipinski definition) is 3. The fraction of sp³-hybridized carbons (Fsp3) is 0.263. The van der Waals surface area contributed by atoms with Crippen LogP contribution in [0.5, 0.6) is 0 Å². The number of nitrogens with one attached hydrogen (secondary N) is 1. The molecule has 25 heavy (non-hydrogen) atoms. The Morgan fingerprint density at radius 3 is 2.68 bits per heavy atom. The van der Waals surface area contributed by atoms with Crippen molar-refractivity contribution in [3.05, 3.63) is 65.5 Å². The Morgan fingerprint density at radius 1 is 1.20 bits per heavy atom. The van der Waals surface area contributed by atoms with Gasteiger partial charge in [-0.05, 0) is 43.1 Å². The molecule has 0 bridgehead atoms. The first-order chi connectivity index (χ1) is 12.0. The van der Waals surface area contributed by atoms with Crippen molar-refractivity contribution >= 4 is 17.6 Å². The maximum Gasteiger partial charge on any atom is 0.335 e. The summed E-state index contributed by atoms with van der Waals surface area (Å²) in [6.07, 6.45) is 1.58. The Bertz CT molecular complexity index is 779. The fourth-order valence-corrected chi connectivity index (χ4v) is 3.10. The lowest BCUT2D eigenvalue weighted by Gasteiger charge is -2.24. The highest BCUT2D eigenvalue weighted by atomic mass is 19.1. The normalized spacial score (nSPS) is 17.4. The minimum atomic E-state index is -1.16. The summed E-state index contributed by atoms with van der Waals surface area (Å²) in [5.74, 6) is -2.12. The molecule has 0 aromatic heterocycles. The van der Waals surface area contributed by atoms with Crippen molar-refractivity contribution in [1.82, 2.24) is 4.90 Å². The van der Waals surface area contributed by atoms with Crippen molar-refractivity contribution in [2.24, 2.45) is 0 Å². The van der Waals surface area contributed by atoms with E-state index in [2.05, 4.69) is 10.2 Å². The van der Waals surface area contributed by atoms with Gasteiger partial charge in [-0.25, -0.2) is 9.18 Å². The van der Waals surface area contributed by atoms with Gasteiger partial charge in [0.1, 0.15) is 5.82 Å². The predicted octanol–water partition coefficient (Wildman–Crippen LogP) is 3.13. The molecule has 1 aliphatic heterocycles. The average molecular weight is 342 g/mol. The minimum Gasteiger partial charge on any atom is -0.478 e. The lowest BCUT2D eigenvalue weighted by molar-refractivity contribution is -0.120. The zero-order valence-electron chi connectivity index (χ0n) is 13.6. The van der Waals surface area contributed by atoms with Gasteiger partial charge in [0.15, 0.2) is 0 Å². The van der Waals surface area contributed by atoms with Crippen LogP contribution in [0.4, 0.5) is 10.1 Å². The molecule has 1 amide bonds. The first-order valence-electron chi connectivity index (χ1n) is 8.16. The second-order valence-corrected chi connectivity index (χ2v) is 6.10. The third-order valence-corrected chi connectivity index (χ3v) is 4.37. The van der Waals surface area contributed by atoms with Gasteiger partial charge in [0.05, 0.1) is 17.3 Å². The van der Waals surface area contributed by atoms with Crippen LogP contribution in [0.25, 0.3) is 0 Å². The van der Waals surface area contributed by atoms with Crippen molar-refractivity contribution in [1.29, 1.82) is 0 Å². The summed E-state index contributed by atoms with van der Waals surface area (Å²) in [4.78, 5) is 25.7. The lowest BCUT2D eigenvalue weighted by atomic mass is 10.1. The molecule has 0 spiro atoms. The van der Waals surface area contributed by atoms with Crippen LogP contribution in [0.3, 0.4) is 0 Å². The highest BCUT2D eigenvalue weighted by molar-refractivity contribution is 5.96. The fourth-order valence-electron chi connectivity index (χ4n) is 3.10. The molecule has 1 fully saturated rings. The second-order valence-electron chi connectivity index (χ2n) is 6.10. The van der Waals surface area contributed by atoms with Gasteiger partial charge in [-0.3, -0.25) is 9.69 Å². The van der Waals surface area contributed by atoms with E-state index in [1.54, 1.807) is 0 Å². The molecule has 0 unspecified atom stereocenters. The van der Waals surface area contributed by atoms with Crippen LogP contribution in [0, 0.1) is 5.82 Å². The molecule has 130 valence electrons. The Labute approximate surface area is 145 Å². The van der Waals surface area contributed by atoms with Crippen molar-refractivity contribution in [2.45, 2.75) is 25.4 Å². The van der Waals surface area contributed by atoms with E-state index in [4.69, 9.17) is 5.11 Å². The molecule has 5 nitrogen and oxygen atoms in total. The molecule has 2 aromatic carbocycles. The lowest BCUT2D eigenvalue weighted by Crippen LogP contribution is -2.39. The van der Waals surface area contributed by atoms with E-state index in [0.29, 0.717) is 13.0 Å². The number of nitrogens with zero attached hydrogens (tertiary/aromatic N) is 1. The zero-order chi connectivity index (χ0) is 17.8. The number of anilines is 1. The molecule has 2 aromatic rings. The summed E-state index contributed by atoms with van der Waals surface area (Å²) in [7, 11) is 0. The molecule has 6 heteroatoms. The van der Waals surface area contributed by atoms with Gasteiger partial charge in [0.2, 0.25) is 5.91 Å². The number of likely N-dealkylation sites (tertiary alicyclic amines) is 1. The molecule has 0 saturated carbocycles. The van der Waals surface area contributed by atoms with E-state index >= 15 is 0 Å². The van der Waals surface area contributed by atoms with Gasteiger partial charge in [0.25, 0.3) is 0 Å². The monoisotopic (exact) mass is 342 g/mol. The van der Waals surface area contributed by atoms with E-state index in [1.807, 2.05) is 30.3 Å². The highest BCUT2D eigenvalue weighted by Gasteiger charge is 2.31. The Balaban J connectivity index is 1.72. The summed E-state index contributed by atoms with van der Waals surface area (Å²) in [6, 6.07) is 12.9. The number of hydrogen-bond donors (Lipinski definition) is 2. The first kappa shape index (κ1) is 17.1. The molecule has 1 aliphatic rings. The van der Waals surface area contributed by atoms with Crippen LogP contribution in [0.2, 0.25) is 0 Å². The van der Waals surface area contributed by atoms with Gasteiger partial charge < -0.3 is 10.4 Å². The third-order valence-electron chi connectivity index (χ3n) is 4.37. The largest absolute Gasteiger partial charge is 0.478 e. The van der Waals surface area contributed by atoms with Crippen LogP contribution >= 0.6 is 0 Å². The van der Waals surface area contributed by atoms with E-state index in [-0.39, 0.29) is 23.2 Å². The van der Waals surface area contributed by atoms with Crippen molar-refractivity contribution in [3.8, 4) is 0 Å². The first-order valence-corrected chi connectivity index (χ1v) is 8.16. The SMILES string of the molecule is O=C(O)c1ccc(F)c(NC(=O)[C@@H]2CCCN2Cc2ccccc2)c1. The number of carboxylic acids is 1. The topological polar surface area (TPSA) is 69.6 Å². The zero-order valence-corrected chi connectivity index (χ0v) is 13.6. The van der Waals surface area contributed by atoms with Crippen molar-refractivity contribution < 1.29 is 19.1 Å². The number of aromatic carboxylic acids is 1. The summed E-state index contributed by atoms with van der Waals surface area (Å²) >= 11 is 0. The van der Waals surface area contributed by atoms with Crippen LogP contribution in [-0.4, -0.2) is 34.5 Å². The molecular weight excluding hydrogens is 323 g/mol. The quantitative estimate of drug-likeness (QED) is 0.876. The molecule has 0 radical (unpaired) electrons. The summed E-state index contributed by atoms with van der Waals surface area (Å²) in [6.45, 7) is 1.45. The molecule has 2 N–H and O–H groups in total. The number of amides is 1. The summed E-state index contributed by atoms with van der Waals surface area (Å²) in [5, 5.41) is 11.6. The van der Waals surface area contributed by atoms with Gasteiger partial charge in [-0.2, -0.15) is 0 Å². The number of halogens is 1. The Kier molecular flexibility index (Phi) is 5.09. The van der Waals surface area contributed by atoms with E-state index in [1.165, 1.54) is 6.07 Å². The Morgan fingerprint density at radius 2 is 1.96 bits per heavy atom. The van der Waals surface area contributed by atoms with Gasteiger partial charge >= 0.3 is 5.97 Å². The molecule has 1 atom stereocenters. The van der Waals surface area contributed by atoms with Crippen molar-refractivity contribution in [3.63, 3.8) is 0 Å². The van der Waals surface area contributed by atoms with E-state index < -0.39 is 11.8 Å². The molecular formula is C19H19FN2O3. The molecule has 1 heterocycles. The highest BCUT2D eigenvalue weighted by Crippen LogP contribution is 2.23. The van der Waals surface area contributed by atoms with Gasteiger partial charge in [0, 0.05) is 6.54 Å². The summed E-state index contributed by atoms with van der Waals surface area (Å²) in [5.41, 5.74) is 0.946. The van der Waals surface area contributed by atoms with Gasteiger partial charge in [-0.15, -0.1) is 0 Å². The molecule has 1 saturated heterocycles. The summed E-state index contributed by atoms with van der Waals surface area (Å²) < 4.78 is 13.9. The van der Waals surface area contributed by atoms with Crippen molar-refractivity contribution in [2.75, 3.05) is 11.9 Å². The van der Waals surface area contributed by atoms with Crippen LogP contribution in [0.15, 0.2) is 48.5 Å². The Hall–Kier alpha value is -2.73. The standard InChI is InChI=1S/C19H19FN2O3/c20-15-9-8-14(19(24)25)11-16(15)21-18(23)17-7-4-10-22(17)12-13-5-2-1-3-6-13/h1-3,5-6,8-9,11,17H,4,7,10,12H2,(H,21,23)(H,24,25)/t17-/m0/s1. The number of rotatable bonds is 5. The van der Waals surface area contributed by atoms with Crippen LogP contribution in [-0.2, 0) is 11.3 Å². The van der Waals surface area contributed by atoms with Gasteiger partial charge in [-0.1, -0.05) is 30.3 Å². The molecule has 0 aliphatic carbocycles. The predicted molar refractivity (Wildman–Crippen MR) is 91.9 cm³/mol. The number of carbonyl (C=O) groups is 2. The van der Waals surface area contributed by atoms with Crippen LogP contribution in [0.1, 0.15) is 28.8 Å². The minimum absolute atomic E-state index is 0.0655. The second kappa shape index (κ2) is 7.44. The average Bonchev–Trinajstić information content (AvgIpc) is 3.05. The third kappa shape index (κ3) is 4.03. The number of carboxylic acid groups (broad SMARTS) is 1. The smallest absolute Gasteiger partial charge is 0.335 e. The maximum atomic E-state index is 13.9. The van der Waals surface area contributed by atoms with Crippen LogP contribution < -0.4 is 5.32 Å². The molecule has 3 rings (SSSR count). The number of benzene rings is 2. The van der Waals surface area contributed by atoms with E-state index in [0.717, 1.165) is 30.7 Å². The maximum absolute atomic E-state index is 13.9.